The monoisotopic (exact) mass is 274 g/mol. The number of nitrogens with one attached hydrogen (secondary N) is 1. The molecule has 0 fully saturated rings. The van der Waals surface area contributed by atoms with Gasteiger partial charge in [-0.2, -0.15) is 9.40 Å². The number of H-pyrrole nitrogens is 1. The van der Waals surface area contributed by atoms with E-state index in [9.17, 15) is 13.2 Å². The van der Waals surface area contributed by atoms with Gasteiger partial charge in [0.25, 0.3) is 10.0 Å². The minimum Gasteiger partial charge on any atom is -0.348 e. The van der Waals surface area contributed by atoms with Crippen molar-refractivity contribution in [3.8, 4) is 0 Å². The number of hydrogen-bond acceptors (Lipinski definition) is 4. The topological polar surface area (TPSA) is 86.4 Å². The summed E-state index contributed by atoms with van der Waals surface area (Å²) < 4.78 is 25.6. The van der Waals surface area contributed by atoms with Crippen LogP contribution < -0.4 is 0 Å². The molecule has 0 bridgehead atoms. The second kappa shape index (κ2) is 5.96. The van der Waals surface area contributed by atoms with Gasteiger partial charge in [-0.05, 0) is 12.5 Å². The van der Waals surface area contributed by atoms with E-state index in [2.05, 4.69) is 10.2 Å². The molecule has 1 amide bonds. The Kier molecular flexibility index (Phi) is 4.85. The van der Waals surface area contributed by atoms with Gasteiger partial charge in [0, 0.05) is 20.6 Å². The fourth-order valence-electron chi connectivity index (χ4n) is 1.35. The van der Waals surface area contributed by atoms with Crippen molar-refractivity contribution in [1.82, 2.24) is 19.4 Å². The van der Waals surface area contributed by atoms with Crippen LogP contribution in [0.1, 0.15) is 13.3 Å². The van der Waals surface area contributed by atoms with E-state index in [1.807, 2.05) is 6.92 Å². The van der Waals surface area contributed by atoms with Crippen LogP contribution in [0, 0.1) is 0 Å². The van der Waals surface area contributed by atoms with Gasteiger partial charge in [0.2, 0.25) is 5.91 Å². The van der Waals surface area contributed by atoms with Gasteiger partial charge < -0.3 is 4.90 Å². The molecule has 0 atom stereocenters. The summed E-state index contributed by atoms with van der Waals surface area (Å²) in [6.45, 7) is 1.98. The lowest BCUT2D eigenvalue weighted by atomic mass is 10.4. The maximum atomic E-state index is 12.2. The van der Waals surface area contributed by atoms with Crippen LogP contribution in [0.5, 0.6) is 0 Å². The summed E-state index contributed by atoms with van der Waals surface area (Å²) in [6.07, 6.45) is 2.00. The van der Waals surface area contributed by atoms with Crippen LogP contribution in [-0.4, -0.2) is 60.9 Å². The SMILES string of the molecule is CCCN(CC(=O)N(C)C)S(=O)(=O)c1ccn[nH]1. The summed E-state index contributed by atoms with van der Waals surface area (Å²) >= 11 is 0. The maximum absolute atomic E-state index is 12.2. The first-order valence-electron chi connectivity index (χ1n) is 5.59. The van der Waals surface area contributed by atoms with E-state index in [1.54, 1.807) is 14.1 Å². The molecule has 8 heteroatoms. The second-order valence-corrected chi connectivity index (χ2v) is 5.95. The molecule has 0 spiro atoms. The van der Waals surface area contributed by atoms with E-state index in [-0.39, 0.29) is 17.5 Å². The minimum atomic E-state index is -3.68. The third-order valence-electron chi connectivity index (χ3n) is 2.38. The molecule has 1 N–H and O–H groups in total. The van der Waals surface area contributed by atoms with Gasteiger partial charge >= 0.3 is 0 Å². The van der Waals surface area contributed by atoms with Crippen molar-refractivity contribution in [2.24, 2.45) is 0 Å². The predicted molar refractivity (Wildman–Crippen MR) is 66.3 cm³/mol. The zero-order valence-electron chi connectivity index (χ0n) is 10.8. The average Bonchev–Trinajstić information content (AvgIpc) is 2.82. The van der Waals surface area contributed by atoms with Crippen molar-refractivity contribution in [1.29, 1.82) is 0 Å². The molecule has 1 heterocycles. The number of carbonyl (C=O) groups is 1. The van der Waals surface area contributed by atoms with Gasteiger partial charge in [-0.25, -0.2) is 8.42 Å². The molecule has 0 aliphatic carbocycles. The molecule has 1 aromatic heterocycles. The van der Waals surface area contributed by atoms with Crippen molar-refractivity contribution in [3.05, 3.63) is 12.3 Å². The molecule has 0 unspecified atom stereocenters. The van der Waals surface area contributed by atoms with Crippen LogP contribution in [0.15, 0.2) is 17.3 Å². The Hall–Kier alpha value is -1.41. The number of nitrogens with zero attached hydrogens (tertiary/aromatic N) is 3. The van der Waals surface area contributed by atoms with E-state index >= 15 is 0 Å². The molecule has 0 aliphatic heterocycles. The highest BCUT2D eigenvalue weighted by molar-refractivity contribution is 7.89. The van der Waals surface area contributed by atoms with E-state index in [1.165, 1.54) is 17.2 Å². The molecule has 0 saturated carbocycles. The number of amides is 1. The number of carbonyl (C=O) groups excluding carboxylic acids is 1. The Labute approximate surface area is 107 Å². The van der Waals surface area contributed by atoms with Crippen molar-refractivity contribution < 1.29 is 13.2 Å². The largest absolute Gasteiger partial charge is 0.348 e. The summed E-state index contributed by atoms with van der Waals surface area (Å²) in [5, 5.41) is 6.04. The van der Waals surface area contributed by atoms with Crippen LogP contribution in [0.3, 0.4) is 0 Å². The predicted octanol–water partition coefficient (Wildman–Crippen LogP) is -0.101. The van der Waals surface area contributed by atoms with Crippen molar-refractivity contribution in [2.45, 2.75) is 18.4 Å². The van der Waals surface area contributed by atoms with E-state index in [4.69, 9.17) is 0 Å². The maximum Gasteiger partial charge on any atom is 0.260 e. The zero-order valence-corrected chi connectivity index (χ0v) is 11.6. The Morgan fingerprint density at radius 2 is 2.11 bits per heavy atom. The molecular formula is C10H18N4O3S. The molecule has 102 valence electrons. The molecule has 0 aliphatic rings. The lowest BCUT2D eigenvalue weighted by Crippen LogP contribution is -2.40. The molecular weight excluding hydrogens is 256 g/mol. The van der Waals surface area contributed by atoms with Gasteiger partial charge in [-0.3, -0.25) is 9.89 Å². The van der Waals surface area contributed by atoms with Crippen molar-refractivity contribution in [3.63, 3.8) is 0 Å². The summed E-state index contributed by atoms with van der Waals surface area (Å²) in [4.78, 5) is 13.0. The molecule has 1 rings (SSSR count). The molecule has 7 nitrogen and oxygen atoms in total. The quantitative estimate of drug-likeness (QED) is 0.784. The highest BCUT2D eigenvalue weighted by Crippen LogP contribution is 2.12. The molecule has 0 saturated heterocycles. The third kappa shape index (κ3) is 3.30. The van der Waals surface area contributed by atoms with E-state index in [0.717, 1.165) is 4.31 Å². The van der Waals surface area contributed by atoms with Crippen molar-refractivity contribution >= 4 is 15.9 Å². The first kappa shape index (κ1) is 14.7. The zero-order chi connectivity index (χ0) is 13.8. The number of rotatable bonds is 6. The number of likely N-dealkylation sites (N-methyl/N-ethyl adjacent to an activating group) is 1. The third-order valence-corrected chi connectivity index (χ3v) is 4.15. The minimum absolute atomic E-state index is 0.00232. The first-order chi connectivity index (χ1) is 8.39. The fraction of sp³-hybridized carbons (Fsp3) is 0.600. The van der Waals surface area contributed by atoms with Crippen LogP contribution in [0.4, 0.5) is 0 Å². The Morgan fingerprint density at radius 1 is 1.44 bits per heavy atom. The molecule has 0 radical (unpaired) electrons. The van der Waals surface area contributed by atoms with E-state index < -0.39 is 10.0 Å². The van der Waals surface area contributed by atoms with Gasteiger partial charge in [-0.15, -0.1) is 0 Å². The van der Waals surface area contributed by atoms with Gasteiger partial charge in [0.15, 0.2) is 5.03 Å². The van der Waals surface area contributed by atoms with Crippen LogP contribution >= 0.6 is 0 Å². The smallest absolute Gasteiger partial charge is 0.260 e. The summed E-state index contributed by atoms with van der Waals surface area (Å²) in [7, 11) is -0.496. The van der Waals surface area contributed by atoms with Gasteiger partial charge in [0.1, 0.15) is 0 Å². The summed E-state index contributed by atoms with van der Waals surface area (Å²) in [6, 6.07) is 1.37. The van der Waals surface area contributed by atoms with Crippen LogP contribution in [0.25, 0.3) is 0 Å². The molecule has 18 heavy (non-hydrogen) atoms. The van der Waals surface area contributed by atoms with Gasteiger partial charge in [-0.1, -0.05) is 6.92 Å². The number of hydrogen-bond donors (Lipinski definition) is 1. The van der Waals surface area contributed by atoms with Crippen molar-refractivity contribution in [2.75, 3.05) is 27.2 Å². The average molecular weight is 274 g/mol. The normalized spacial score (nSPS) is 11.8. The van der Waals surface area contributed by atoms with E-state index in [0.29, 0.717) is 13.0 Å². The Bertz CT molecular complexity index is 481. The molecule has 1 aromatic rings. The highest BCUT2D eigenvalue weighted by atomic mass is 32.2. The number of aromatic amines is 1. The second-order valence-electron chi connectivity index (χ2n) is 4.05. The van der Waals surface area contributed by atoms with Gasteiger partial charge in [0.05, 0.1) is 12.7 Å². The summed E-state index contributed by atoms with van der Waals surface area (Å²) in [5.41, 5.74) is 0. The van der Waals surface area contributed by atoms with Crippen LogP contribution in [0.2, 0.25) is 0 Å². The highest BCUT2D eigenvalue weighted by Gasteiger charge is 2.27. The first-order valence-corrected chi connectivity index (χ1v) is 7.03. The Balaban J connectivity index is 2.95. The number of sulfonamides is 1. The molecule has 0 aromatic carbocycles. The lowest BCUT2D eigenvalue weighted by molar-refractivity contribution is -0.128. The fourth-order valence-corrected chi connectivity index (χ4v) is 2.73. The van der Waals surface area contributed by atoms with Crippen LogP contribution in [-0.2, 0) is 14.8 Å². The lowest BCUT2D eigenvalue weighted by Gasteiger charge is -2.21. The standard InChI is InChI=1S/C10H18N4O3S/c1-4-7-14(8-10(15)13(2)3)18(16,17)9-5-6-11-12-9/h5-6H,4,7-8H2,1-3H3,(H,11,12). The Morgan fingerprint density at radius 3 is 2.56 bits per heavy atom. The summed E-state index contributed by atoms with van der Waals surface area (Å²) in [5.74, 6) is -0.258. The number of aromatic nitrogens is 2.